The van der Waals surface area contributed by atoms with Gasteiger partial charge in [-0.2, -0.15) is 0 Å². The fourth-order valence-electron chi connectivity index (χ4n) is 3.99. The SMILES string of the molecule is O=C(CCc1ccccc1)[C@@H]1CCCN(C(=O)c2cccc3cccnc23)C1. The van der Waals surface area contributed by atoms with Crippen molar-refractivity contribution >= 4 is 22.6 Å². The standard InChI is InChI=1S/C24H24N2O2/c27-22(14-13-18-7-2-1-3-8-18)20-11-6-16-26(17-20)24(28)21-12-4-9-19-10-5-15-25-23(19)21/h1-5,7-10,12,15,20H,6,11,13-14,16-17H2/t20-/m1/s1. The number of piperidine rings is 1. The minimum atomic E-state index is -0.0654. The van der Waals surface area contributed by atoms with Crippen LogP contribution in [0.2, 0.25) is 0 Å². The maximum Gasteiger partial charge on any atom is 0.256 e. The Morgan fingerprint density at radius 1 is 1.00 bits per heavy atom. The van der Waals surface area contributed by atoms with Gasteiger partial charge in [0.05, 0.1) is 11.1 Å². The van der Waals surface area contributed by atoms with Gasteiger partial charge in [0.1, 0.15) is 5.78 Å². The Morgan fingerprint density at radius 3 is 2.68 bits per heavy atom. The number of amides is 1. The number of para-hydroxylation sites is 1. The Bertz CT molecular complexity index is 979. The first-order valence-electron chi connectivity index (χ1n) is 9.92. The van der Waals surface area contributed by atoms with Gasteiger partial charge < -0.3 is 4.90 Å². The molecule has 0 unspecified atom stereocenters. The number of hydrogen-bond donors (Lipinski definition) is 0. The van der Waals surface area contributed by atoms with E-state index in [1.165, 1.54) is 5.56 Å². The van der Waals surface area contributed by atoms with E-state index in [2.05, 4.69) is 17.1 Å². The van der Waals surface area contributed by atoms with Crippen molar-refractivity contribution in [1.29, 1.82) is 0 Å². The molecule has 4 rings (SSSR count). The summed E-state index contributed by atoms with van der Waals surface area (Å²) in [6, 6.07) is 19.6. The molecular formula is C24H24N2O2. The number of rotatable bonds is 5. The summed E-state index contributed by atoms with van der Waals surface area (Å²) < 4.78 is 0. The van der Waals surface area contributed by atoms with Crippen LogP contribution in [0.3, 0.4) is 0 Å². The number of carbonyl (C=O) groups excluding carboxylic acids is 2. The summed E-state index contributed by atoms with van der Waals surface area (Å²) in [5.74, 6) is 0.173. The lowest BCUT2D eigenvalue weighted by atomic mass is 9.90. The minimum absolute atomic E-state index is 0.0233. The zero-order valence-corrected chi connectivity index (χ0v) is 15.9. The van der Waals surface area contributed by atoms with Crippen LogP contribution in [-0.2, 0) is 11.2 Å². The van der Waals surface area contributed by atoms with E-state index in [4.69, 9.17) is 0 Å². The van der Waals surface area contributed by atoms with Crippen molar-refractivity contribution in [3.63, 3.8) is 0 Å². The molecule has 28 heavy (non-hydrogen) atoms. The Hall–Kier alpha value is -3.01. The molecule has 0 saturated carbocycles. The van der Waals surface area contributed by atoms with E-state index in [0.717, 1.165) is 30.2 Å². The number of carbonyl (C=O) groups is 2. The van der Waals surface area contributed by atoms with E-state index >= 15 is 0 Å². The monoisotopic (exact) mass is 372 g/mol. The number of likely N-dealkylation sites (tertiary alicyclic amines) is 1. The predicted octanol–water partition coefficient (Wildman–Crippen LogP) is 4.29. The average molecular weight is 372 g/mol. The topological polar surface area (TPSA) is 50.3 Å². The van der Waals surface area contributed by atoms with Crippen LogP contribution >= 0.6 is 0 Å². The van der Waals surface area contributed by atoms with Gasteiger partial charge in [-0.05, 0) is 37.0 Å². The third-order valence-electron chi connectivity index (χ3n) is 5.53. The highest BCUT2D eigenvalue weighted by molar-refractivity contribution is 6.05. The largest absolute Gasteiger partial charge is 0.338 e. The number of aromatic nitrogens is 1. The third-order valence-corrected chi connectivity index (χ3v) is 5.53. The molecule has 1 saturated heterocycles. The molecule has 0 aliphatic carbocycles. The van der Waals surface area contributed by atoms with Crippen LogP contribution in [0, 0.1) is 5.92 Å². The van der Waals surface area contributed by atoms with Gasteiger partial charge in [0, 0.05) is 37.0 Å². The van der Waals surface area contributed by atoms with Crippen LogP contribution in [0.25, 0.3) is 10.9 Å². The Balaban J connectivity index is 1.44. The molecule has 3 aromatic rings. The lowest BCUT2D eigenvalue weighted by molar-refractivity contribution is -0.124. The van der Waals surface area contributed by atoms with Gasteiger partial charge in [-0.1, -0.05) is 48.5 Å². The molecular weight excluding hydrogens is 348 g/mol. The Labute approximate surface area is 165 Å². The minimum Gasteiger partial charge on any atom is -0.338 e. The fourth-order valence-corrected chi connectivity index (χ4v) is 3.99. The summed E-state index contributed by atoms with van der Waals surface area (Å²) >= 11 is 0. The second-order valence-corrected chi connectivity index (χ2v) is 7.42. The molecule has 4 nitrogen and oxygen atoms in total. The van der Waals surface area contributed by atoms with E-state index in [-0.39, 0.29) is 17.6 Å². The fraction of sp³-hybridized carbons (Fsp3) is 0.292. The number of ketones is 1. The van der Waals surface area contributed by atoms with E-state index in [9.17, 15) is 9.59 Å². The maximum atomic E-state index is 13.1. The highest BCUT2D eigenvalue weighted by Crippen LogP contribution is 2.24. The van der Waals surface area contributed by atoms with Crippen LogP contribution in [0.1, 0.15) is 35.2 Å². The molecule has 2 heterocycles. The molecule has 1 amide bonds. The molecule has 0 bridgehead atoms. The van der Waals surface area contributed by atoms with Gasteiger partial charge >= 0.3 is 0 Å². The summed E-state index contributed by atoms with van der Waals surface area (Å²) in [5, 5.41) is 0.959. The normalized spacial score (nSPS) is 16.9. The van der Waals surface area contributed by atoms with Crippen LogP contribution in [0.15, 0.2) is 66.9 Å². The molecule has 1 aliphatic heterocycles. The zero-order chi connectivity index (χ0) is 19.3. The quantitative estimate of drug-likeness (QED) is 0.671. The summed E-state index contributed by atoms with van der Waals surface area (Å²) in [5.41, 5.74) is 2.53. The lowest BCUT2D eigenvalue weighted by Crippen LogP contribution is -2.42. The van der Waals surface area contributed by atoms with Crippen molar-refractivity contribution in [2.24, 2.45) is 5.92 Å². The van der Waals surface area contributed by atoms with Crippen LogP contribution in [-0.4, -0.2) is 34.7 Å². The second-order valence-electron chi connectivity index (χ2n) is 7.42. The van der Waals surface area contributed by atoms with Crippen molar-refractivity contribution < 1.29 is 9.59 Å². The molecule has 2 aromatic carbocycles. The van der Waals surface area contributed by atoms with Gasteiger partial charge in [-0.15, -0.1) is 0 Å². The van der Waals surface area contributed by atoms with Crippen molar-refractivity contribution in [3.8, 4) is 0 Å². The summed E-state index contributed by atoms with van der Waals surface area (Å²) in [6.07, 6.45) is 4.74. The smallest absolute Gasteiger partial charge is 0.256 e. The number of nitrogens with zero attached hydrogens (tertiary/aromatic N) is 2. The summed E-state index contributed by atoms with van der Waals surface area (Å²) in [4.78, 5) is 32.1. The molecule has 0 N–H and O–H groups in total. The number of benzene rings is 2. The number of fused-ring (bicyclic) bond motifs is 1. The number of hydrogen-bond acceptors (Lipinski definition) is 3. The Kier molecular flexibility index (Phi) is 5.47. The molecule has 0 spiro atoms. The van der Waals surface area contributed by atoms with Gasteiger partial charge in [0.25, 0.3) is 5.91 Å². The van der Waals surface area contributed by atoms with Crippen LogP contribution < -0.4 is 0 Å². The molecule has 1 fully saturated rings. The number of aryl methyl sites for hydroxylation is 1. The van der Waals surface area contributed by atoms with E-state index in [0.29, 0.717) is 25.1 Å². The first-order chi connectivity index (χ1) is 13.7. The molecule has 4 heteroatoms. The average Bonchev–Trinajstić information content (AvgIpc) is 2.77. The summed E-state index contributed by atoms with van der Waals surface area (Å²) in [7, 11) is 0. The number of Topliss-reactive ketones (excluding diaryl/α,β-unsaturated/α-hetero) is 1. The third kappa shape index (κ3) is 3.96. The van der Waals surface area contributed by atoms with Gasteiger partial charge in [0.2, 0.25) is 0 Å². The molecule has 1 aromatic heterocycles. The zero-order valence-electron chi connectivity index (χ0n) is 15.9. The van der Waals surface area contributed by atoms with Gasteiger partial charge in [-0.3, -0.25) is 14.6 Å². The van der Waals surface area contributed by atoms with Crippen molar-refractivity contribution in [1.82, 2.24) is 9.88 Å². The summed E-state index contributed by atoms with van der Waals surface area (Å²) in [6.45, 7) is 1.21. The molecule has 1 aliphatic rings. The molecule has 1 atom stereocenters. The maximum absolute atomic E-state index is 13.1. The Morgan fingerprint density at radius 2 is 1.82 bits per heavy atom. The molecule has 0 radical (unpaired) electrons. The van der Waals surface area contributed by atoms with E-state index in [1.807, 2.05) is 53.4 Å². The van der Waals surface area contributed by atoms with Gasteiger partial charge in [-0.25, -0.2) is 0 Å². The van der Waals surface area contributed by atoms with E-state index in [1.54, 1.807) is 6.20 Å². The van der Waals surface area contributed by atoms with Crippen LogP contribution in [0.5, 0.6) is 0 Å². The molecule has 142 valence electrons. The first-order valence-corrected chi connectivity index (χ1v) is 9.92. The highest BCUT2D eigenvalue weighted by Gasteiger charge is 2.29. The highest BCUT2D eigenvalue weighted by atomic mass is 16.2. The second kappa shape index (κ2) is 8.34. The van der Waals surface area contributed by atoms with Crippen molar-refractivity contribution in [2.45, 2.75) is 25.7 Å². The van der Waals surface area contributed by atoms with Gasteiger partial charge in [0.15, 0.2) is 0 Å². The van der Waals surface area contributed by atoms with Crippen molar-refractivity contribution in [2.75, 3.05) is 13.1 Å². The first kappa shape index (κ1) is 18.4. The lowest BCUT2D eigenvalue weighted by Gasteiger charge is -2.32. The number of pyridine rings is 1. The predicted molar refractivity (Wildman–Crippen MR) is 110 cm³/mol. The van der Waals surface area contributed by atoms with Crippen molar-refractivity contribution in [3.05, 3.63) is 78.0 Å². The van der Waals surface area contributed by atoms with E-state index < -0.39 is 0 Å². The van der Waals surface area contributed by atoms with Crippen LogP contribution in [0.4, 0.5) is 0 Å².